The maximum Gasteiger partial charge on any atom is 0.119 e. The summed E-state index contributed by atoms with van der Waals surface area (Å²) in [7, 11) is 1.64. The molecule has 0 radical (unpaired) electrons. The van der Waals surface area contributed by atoms with Crippen molar-refractivity contribution in [3.8, 4) is 5.75 Å². The van der Waals surface area contributed by atoms with E-state index < -0.39 is 0 Å². The highest BCUT2D eigenvalue weighted by Crippen LogP contribution is 2.22. The number of thiocarbonyl (C=S) groups is 1. The van der Waals surface area contributed by atoms with Gasteiger partial charge in [0.25, 0.3) is 0 Å². The third-order valence-electron chi connectivity index (χ3n) is 2.32. The summed E-state index contributed by atoms with van der Waals surface area (Å²) in [6.45, 7) is 2.15. The highest BCUT2D eigenvalue weighted by atomic mass is 32.1. The van der Waals surface area contributed by atoms with E-state index in [1.54, 1.807) is 7.11 Å². The molecule has 0 aliphatic heterocycles. The zero-order chi connectivity index (χ0) is 11.3. The molecule has 0 bridgehead atoms. The van der Waals surface area contributed by atoms with Crippen LogP contribution >= 0.6 is 12.2 Å². The van der Waals surface area contributed by atoms with E-state index in [0.29, 0.717) is 0 Å². The Bertz CT molecular complexity index is 349. The Labute approximate surface area is 96.4 Å². The predicted molar refractivity (Wildman–Crippen MR) is 68.6 cm³/mol. The van der Waals surface area contributed by atoms with E-state index in [2.05, 4.69) is 6.92 Å². The SMILES string of the molecule is CCCCC(=S)c1cc(OC)ccc1N. The van der Waals surface area contributed by atoms with Gasteiger partial charge in [0.2, 0.25) is 0 Å². The highest BCUT2D eigenvalue weighted by Gasteiger charge is 2.06. The van der Waals surface area contributed by atoms with Gasteiger partial charge in [0.1, 0.15) is 5.75 Å². The van der Waals surface area contributed by atoms with Gasteiger partial charge in [-0.25, -0.2) is 0 Å². The maximum absolute atomic E-state index is 5.87. The number of nitrogen functional groups attached to an aromatic ring is 1. The summed E-state index contributed by atoms with van der Waals surface area (Å²) in [4.78, 5) is 0.924. The highest BCUT2D eigenvalue weighted by molar-refractivity contribution is 7.80. The average Bonchev–Trinajstić information content (AvgIpc) is 2.26. The molecule has 0 unspecified atom stereocenters. The molecule has 3 heteroatoms. The Morgan fingerprint density at radius 1 is 1.47 bits per heavy atom. The van der Waals surface area contributed by atoms with Crippen molar-refractivity contribution in [2.24, 2.45) is 0 Å². The molecule has 0 saturated carbocycles. The standard InChI is InChI=1S/C12H17NOS/c1-3-4-5-12(15)10-8-9(14-2)6-7-11(10)13/h6-8H,3-5,13H2,1-2H3. The molecule has 0 amide bonds. The minimum atomic E-state index is 0.733. The molecule has 82 valence electrons. The molecule has 0 heterocycles. The molecule has 1 aromatic carbocycles. The minimum absolute atomic E-state index is 0.733. The van der Waals surface area contributed by atoms with Crippen LogP contribution in [0.15, 0.2) is 18.2 Å². The van der Waals surface area contributed by atoms with Gasteiger partial charge < -0.3 is 10.5 Å². The molecule has 0 saturated heterocycles. The molecule has 2 nitrogen and oxygen atoms in total. The van der Waals surface area contributed by atoms with E-state index in [9.17, 15) is 0 Å². The van der Waals surface area contributed by atoms with Crippen molar-refractivity contribution >= 4 is 22.8 Å². The molecule has 0 aliphatic carbocycles. The summed E-state index contributed by atoms with van der Waals surface area (Å²) < 4.78 is 5.15. The van der Waals surface area contributed by atoms with E-state index in [1.165, 1.54) is 0 Å². The Hall–Kier alpha value is -1.09. The summed E-state index contributed by atoms with van der Waals surface area (Å²) in [6.07, 6.45) is 3.17. The van der Waals surface area contributed by atoms with E-state index in [-0.39, 0.29) is 0 Å². The summed E-state index contributed by atoms with van der Waals surface area (Å²) in [5.41, 5.74) is 7.55. The largest absolute Gasteiger partial charge is 0.497 e. The fourth-order valence-corrected chi connectivity index (χ4v) is 1.70. The fourth-order valence-electron chi connectivity index (χ4n) is 1.38. The Balaban J connectivity index is 2.86. The van der Waals surface area contributed by atoms with Crippen LogP contribution < -0.4 is 10.5 Å². The van der Waals surface area contributed by atoms with Crippen molar-refractivity contribution in [1.29, 1.82) is 0 Å². The van der Waals surface area contributed by atoms with Gasteiger partial charge in [0, 0.05) is 16.1 Å². The molecule has 0 atom stereocenters. The number of anilines is 1. The number of methoxy groups -OCH3 is 1. The zero-order valence-corrected chi connectivity index (χ0v) is 10.1. The molecular weight excluding hydrogens is 206 g/mol. The molecule has 0 aromatic heterocycles. The van der Waals surface area contributed by atoms with Gasteiger partial charge in [-0.05, 0) is 31.0 Å². The topological polar surface area (TPSA) is 35.2 Å². The first-order valence-corrected chi connectivity index (χ1v) is 5.56. The number of unbranched alkanes of at least 4 members (excludes halogenated alkanes) is 1. The van der Waals surface area contributed by atoms with Crippen molar-refractivity contribution < 1.29 is 4.74 Å². The van der Waals surface area contributed by atoms with E-state index in [4.69, 9.17) is 22.7 Å². The monoisotopic (exact) mass is 223 g/mol. The molecule has 1 rings (SSSR count). The van der Waals surface area contributed by atoms with Gasteiger partial charge >= 0.3 is 0 Å². The Morgan fingerprint density at radius 2 is 2.20 bits per heavy atom. The van der Waals surface area contributed by atoms with Crippen LogP contribution in [0.5, 0.6) is 5.75 Å². The number of benzene rings is 1. The van der Waals surface area contributed by atoms with Crippen LogP contribution in [-0.2, 0) is 0 Å². The van der Waals surface area contributed by atoms with E-state index in [1.807, 2.05) is 18.2 Å². The van der Waals surface area contributed by atoms with Gasteiger partial charge in [-0.1, -0.05) is 25.6 Å². The van der Waals surface area contributed by atoms with Crippen molar-refractivity contribution in [3.63, 3.8) is 0 Å². The van der Waals surface area contributed by atoms with Crippen LogP contribution in [0.1, 0.15) is 31.7 Å². The summed E-state index contributed by atoms with van der Waals surface area (Å²) in [5, 5.41) is 0. The number of hydrogen-bond acceptors (Lipinski definition) is 3. The van der Waals surface area contributed by atoms with Crippen molar-refractivity contribution in [2.75, 3.05) is 12.8 Å². The minimum Gasteiger partial charge on any atom is -0.497 e. The lowest BCUT2D eigenvalue weighted by molar-refractivity contribution is 0.415. The molecule has 0 aliphatic rings. The quantitative estimate of drug-likeness (QED) is 0.473. The van der Waals surface area contributed by atoms with Gasteiger partial charge in [-0.15, -0.1) is 0 Å². The normalized spacial score (nSPS) is 10.0. The molecule has 15 heavy (non-hydrogen) atoms. The van der Waals surface area contributed by atoms with Crippen LogP contribution in [0.2, 0.25) is 0 Å². The van der Waals surface area contributed by atoms with E-state index >= 15 is 0 Å². The molecule has 2 N–H and O–H groups in total. The number of nitrogens with two attached hydrogens (primary N) is 1. The second-order valence-electron chi connectivity index (χ2n) is 3.48. The lowest BCUT2D eigenvalue weighted by Crippen LogP contribution is -2.02. The first-order chi connectivity index (χ1) is 7.19. The summed E-state index contributed by atoms with van der Waals surface area (Å²) in [6, 6.07) is 5.60. The molecule has 0 spiro atoms. The Morgan fingerprint density at radius 3 is 2.80 bits per heavy atom. The van der Waals surface area contributed by atoms with Gasteiger partial charge in [0.05, 0.1) is 7.11 Å². The second kappa shape index (κ2) is 5.71. The summed E-state index contributed by atoms with van der Waals surface area (Å²) >= 11 is 5.35. The fraction of sp³-hybridized carbons (Fsp3) is 0.417. The average molecular weight is 223 g/mol. The van der Waals surface area contributed by atoms with Gasteiger partial charge in [0.15, 0.2) is 0 Å². The zero-order valence-electron chi connectivity index (χ0n) is 9.25. The lowest BCUT2D eigenvalue weighted by atomic mass is 10.0. The molecular formula is C12H17NOS. The Kier molecular flexibility index (Phi) is 4.56. The lowest BCUT2D eigenvalue weighted by Gasteiger charge is -2.09. The number of hydrogen-bond donors (Lipinski definition) is 1. The number of rotatable bonds is 5. The summed E-state index contributed by atoms with van der Waals surface area (Å²) in [5.74, 6) is 0.804. The third-order valence-corrected chi connectivity index (χ3v) is 2.74. The van der Waals surface area contributed by atoms with Crippen LogP contribution in [0.3, 0.4) is 0 Å². The van der Waals surface area contributed by atoms with Crippen molar-refractivity contribution in [2.45, 2.75) is 26.2 Å². The van der Waals surface area contributed by atoms with Crippen LogP contribution in [-0.4, -0.2) is 12.0 Å². The smallest absolute Gasteiger partial charge is 0.119 e. The second-order valence-corrected chi connectivity index (χ2v) is 3.97. The van der Waals surface area contributed by atoms with Crippen LogP contribution in [0.4, 0.5) is 5.69 Å². The van der Waals surface area contributed by atoms with Gasteiger partial charge in [-0.3, -0.25) is 0 Å². The first-order valence-electron chi connectivity index (χ1n) is 5.15. The van der Waals surface area contributed by atoms with Crippen LogP contribution in [0.25, 0.3) is 0 Å². The van der Waals surface area contributed by atoms with Crippen molar-refractivity contribution in [1.82, 2.24) is 0 Å². The third kappa shape index (κ3) is 3.20. The molecule has 1 aromatic rings. The number of ether oxygens (including phenoxy) is 1. The first kappa shape index (κ1) is 12.0. The molecule has 0 fully saturated rings. The predicted octanol–water partition coefficient (Wildman–Crippen LogP) is 3.19. The maximum atomic E-state index is 5.87. The van der Waals surface area contributed by atoms with Crippen LogP contribution in [0, 0.1) is 0 Å². The van der Waals surface area contributed by atoms with Crippen molar-refractivity contribution in [3.05, 3.63) is 23.8 Å². The van der Waals surface area contributed by atoms with E-state index in [0.717, 1.165) is 41.1 Å². The van der Waals surface area contributed by atoms with Gasteiger partial charge in [-0.2, -0.15) is 0 Å².